The van der Waals surface area contributed by atoms with Crippen LogP contribution in [0.4, 0.5) is 0 Å². The van der Waals surface area contributed by atoms with E-state index in [0.717, 1.165) is 17.7 Å². The molecule has 1 aromatic heterocycles. The van der Waals surface area contributed by atoms with Crippen LogP contribution < -0.4 is 15.4 Å². The number of hydrogen-bond acceptors (Lipinski definition) is 5. The molecule has 1 amide bonds. The summed E-state index contributed by atoms with van der Waals surface area (Å²) in [6.07, 6.45) is 3.75. The van der Waals surface area contributed by atoms with Gasteiger partial charge in [-0.2, -0.15) is 5.10 Å². The third kappa shape index (κ3) is 4.20. The van der Waals surface area contributed by atoms with Crippen molar-refractivity contribution in [1.29, 1.82) is 0 Å². The zero-order chi connectivity index (χ0) is 19.6. The van der Waals surface area contributed by atoms with E-state index in [1.54, 1.807) is 28.9 Å². The van der Waals surface area contributed by atoms with Crippen molar-refractivity contribution < 1.29 is 13.2 Å². The Morgan fingerprint density at radius 1 is 1.30 bits per heavy atom. The maximum atomic E-state index is 12.8. The molecule has 1 saturated heterocycles. The molecule has 1 aromatic carbocycles. The fourth-order valence-corrected chi connectivity index (χ4v) is 4.12. The maximum Gasteiger partial charge on any atom is 0.240 e. The van der Waals surface area contributed by atoms with Gasteiger partial charge in [0.15, 0.2) is 0 Å². The van der Waals surface area contributed by atoms with Crippen LogP contribution >= 0.6 is 0 Å². The number of carbonyl (C=O) groups excluding carboxylic acids is 1. The number of nitrogens with one attached hydrogen (secondary N) is 3. The molecule has 3 atom stereocenters. The van der Waals surface area contributed by atoms with Gasteiger partial charge >= 0.3 is 0 Å². The highest BCUT2D eigenvalue weighted by molar-refractivity contribution is 7.89. The zero-order valence-electron chi connectivity index (χ0n) is 15.6. The number of aryl methyl sites for hydroxylation is 1. The first-order valence-corrected chi connectivity index (χ1v) is 10.3. The molecule has 2 heterocycles. The minimum absolute atomic E-state index is 0.0201. The molecule has 146 valence electrons. The molecule has 0 saturated carbocycles. The zero-order valence-corrected chi connectivity index (χ0v) is 16.5. The number of sulfonamides is 1. The fraction of sp³-hybridized carbons (Fsp3) is 0.444. The Hall–Kier alpha value is -2.23. The molecule has 1 aliphatic rings. The fourth-order valence-electron chi connectivity index (χ4n) is 3.39. The van der Waals surface area contributed by atoms with Crippen molar-refractivity contribution in [2.24, 2.45) is 13.0 Å². The molecule has 1 fully saturated rings. The largest absolute Gasteiger partial charge is 0.349 e. The van der Waals surface area contributed by atoms with E-state index in [-0.39, 0.29) is 28.7 Å². The third-order valence-electron chi connectivity index (χ3n) is 5.02. The van der Waals surface area contributed by atoms with E-state index < -0.39 is 10.0 Å². The molecule has 9 heteroatoms. The molecule has 3 N–H and O–H groups in total. The molecule has 0 radical (unpaired) electrons. The topological polar surface area (TPSA) is 105 Å². The number of benzene rings is 1. The van der Waals surface area contributed by atoms with E-state index in [2.05, 4.69) is 20.5 Å². The van der Waals surface area contributed by atoms with E-state index in [1.165, 1.54) is 7.05 Å². The molecule has 8 nitrogen and oxygen atoms in total. The van der Waals surface area contributed by atoms with Crippen LogP contribution in [0.15, 0.2) is 41.6 Å². The van der Waals surface area contributed by atoms with Gasteiger partial charge in [-0.25, -0.2) is 13.1 Å². The molecular weight excluding hydrogens is 366 g/mol. The minimum Gasteiger partial charge on any atom is -0.349 e. The standard InChI is InChI=1S/C18H25N5O3S/c1-12(13-4-6-15(7-5-13)27(25,26)19-2)22-18(24)17-10-20-9-16(17)14-8-21-23(3)11-14/h4-8,11-12,16-17,19-20H,9-10H2,1-3H3,(H,22,24)/t12?,16-,17+/m1/s1. The van der Waals surface area contributed by atoms with Crippen LogP contribution in [-0.2, 0) is 21.9 Å². The Labute approximate surface area is 159 Å². The lowest BCUT2D eigenvalue weighted by Crippen LogP contribution is -2.36. The SMILES string of the molecule is CNS(=O)(=O)c1ccc(C(C)NC(=O)[C@H]2CNC[C@@H]2c2cnn(C)c2)cc1. The van der Waals surface area contributed by atoms with Gasteiger partial charge in [-0.05, 0) is 37.2 Å². The summed E-state index contributed by atoms with van der Waals surface area (Å²) in [5.74, 6) is -0.0945. The van der Waals surface area contributed by atoms with Crippen LogP contribution in [0.5, 0.6) is 0 Å². The summed E-state index contributed by atoms with van der Waals surface area (Å²) in [5.41, 5.74) is 1.90. The van der Waals surface area contributed by atoms with Crippen molar-refractivity contribution in [3.8, 4) is 0 Å². The number of nitrogens with zero attached hydrogens (tertiary/aromatic N) is 2. The van der Waals surface area contributed by atoms with Gasteiger partial charge in [0.2, 0.25) is 15.9 Å². The van der Waals surface area contributed by atoms with Crippen LogP contribution in [0.25, 0.3) is 0 Å². The smallest absolute Gasteiger partial charge is 0.240 e. The second kappa shape index (κ2) is 7.79. The van der Waals surface area contributed by atoms with E-state index >= 15 is 0 Å². The molecule has 0 aliphatic carbocycles. The highest BCUT2D eigenvalue weighted by atomic mass is 32.2. The summed E-state index contributed by atoms with van der Waals surface area (Å²) in [4.78, 5) is 13.0. The van der Waals surface area contributed by atoms with Crippen LogP contribution in [0, 0.1) is 5.92 Å². The van der Waals surface area contributed by atoms with Crippen molar-refractivity contribution in [2.45, 2.75) is 23.8 Å². The minimum atomic E-state index is -3.47. The van der Waals surface area contributed by atoms with Gasteiger partial charge in [0.1, 0.15) is 0 Å². The van der Waals surface area contributed by atoms with Crippen molar-refractivity contribution in [1.82, 2.24) is 25.1 Å². The average Bonchev–Trinajstić information content (AvgIpc) is 3.30. The van der Waals surface area contributed by atoms with Crippen molar-refractivity contribution in [3.05, 3.63) is 47.8 Å². The highest BCUT2D eigenvalue weighted by Crippen LogP contribution is 2.28. The Bertz CT molecular complexity index is 907. The van der Waals surface area contributed by atoms with Gasteiger partial charge in [0.05, 0.1) is 23.1 Å². The van der Waals surface area contributed by atoms with Crippen molar-refractivity contribution in [3.63, 3.8) is 0 Å². The van der Waals surface area contributed by atoms with Crippen LogP contribution in [0.1, 0.15) is 30.0 Å². The van der Waals surface area contributed by atoms with E-state index in [0.29, 0.717) is 6.54 Å². The number of hydrogen-bond donors (Lipinski definition) is 3. The van der Waals surface area contributed by atoms with Gasteiger partial charge in [-0.1, -0.05) is 12.1 Å². The lowest BCUT2D eigenvalue weighted by atomic mass is 9.90. The first-order chi connectivity index (χ1) is 12.8. The van der Waals surface area contributed by atoms with Crippen LogP contribution in [0.3, 0.4) is 0 Å². The summed E-state index contributed by atoms with van der Waals surface area (Å²) >= 11 is 0. The predicted molar refractivity (Wildman–Crippen MR) is 102 cm³/mol. The number of amides is 1. The van der Waals surface area contributed by atoms with E-state index in [1.807, 2.05) is 26.4 Å². The summed E-state index contributed by atoms with van der Waals surface area (Å²) in [6, 6.07) is 6.30. The summed E-state index contributed by atoms with van der Waals surface area (Å²) in [5, 5.41) is 10.5. The quantitative estimate of drug-likeness (QED) is 0.665. The van der Waals surface area contributed by atoms with Gasteiger partial charge in [0.25, 0.3) is 0 Å². The normalized spacial score (nSPS) is 21.1. The Kier molecular flexibility index (Phi) is 5.64. The molecule has 27 heavy (non-hydrogen) atoms. The first-order valence-electron chi connectivity index (χ1n) is 8.85. The first kappa shape index (κ1) is 19.5. The Morgan fingerprint density at radius 2 is 2.00 bits per heavy atom. The van der Waals surface area contributed by atoms with Gasteiger partial charge < -0.3 is 10.6 Å². The molecule has 0 spiro atoms. The Balaban J connectivity index is 1.68. The van der Waals surface area contributed by atoms with Crippen LogP contribution in [-0.4, -0.2) is 44.2 Å². The molecule has 2 aromatic rings. The lowest BCUT2D eigenvalue weighted by Gasteiger charge is -2.21. The maximum absolute atomic E-state index is 12.8. The van der Waals surface area contributed by atoms with Gasteiger partial charge in [-0.3, -0.25) is 9.48 Å². The average molecular weight is 391 g/mol. The van der Waals surface area contributed by atoms with Crippen molar-refractivity contribution in [2.75, 3.05) is 20.1 Å². The van der Waals surface area contributed by atoms with E-state index in [9.17, 15) is 13.2 Å². The molecule has 1 aliphatic heterocycles. The van der Waals surface area contributed by atoms with Gasteiger partial charge in [-0.15, -0.1) is 0 Å². The molecule has 1 unspecified atom stereocenters. The lowest BCUT2D eigenvalue weighted by molar-refractivity contribution is -0.125. The van der Waals surface area contributed by atoms with E-state index in [4.69, 9.17) is 0 Å². The summed E-state index contributed by atoms with van der Waals surface area (Å²) < 4.78 is 27.7. The van der Waals surface area contributed by atoms with Gasteiger partial charge in [0, 0.05) is 32.3 Å². The Morgan fingerprint density at radius 3 is 2.59 bits per heavy atom. The summed E-state index contributed by atoms with van der Waals surface area (Å²) in [6.45, 7) is 3.26. The third-order valence-corrected chi connectivity index (χ3v) is 6.45. The molecular formula is C18H25N5O3S. The number of aromatic nitrogens is 2. The monoisotopic (exact) mass is 391 g/mol. The number of carbonyl (C=O) groups is 1. The summed E-state index contributed by atoms with van der Waals surface area (Å²) in [7, 11) is -0.229. The highest BCUT2D eigenvalue weighted by Gasteiger charge is 2.35. The molecule has 0 bridgehead atoms. The van der Waals surface area contributed by atoms with Crippen molar-refractivity contribution >= 4 is 15.9 Å². The second-order valence-electron chi connectivity index (χ2n) is 6.83. The van der Waals surface area contributed by atoms with Crippen LogP contribution in [0.2, 0.25) is 0 Å². The predicted octanol–water partition coefficient (Wildman–Crippen LogP) is 0.509. The molecule has 3 rings (SSSR count). The number of rotatable bonds is 6. The second-order valence-corrected chi connectivity index (χ2v) is 8.71.